The zero-order chi connectivity index (χ0) is 30.0. The number of nitrogens with zero attached hydrogens (tertiary/aromatic N) is 4. The normalized spacial score (nSPS) is 25.4. The molecule has 0 spiro atoms. The minimum absolute atomic E-state index is 0.189. The van der Waals surface area contributed by atoms with Crippen molar-refractivity contribution in [2.45, 2.75) is 30.7 Å². The van der Waals surface area contributed by atoms with Crippen LogP contribution < -0.4 is 8.37 Å². The van der Waals surface area contributed by atoms with Crippen molar-refractivity contribution in [1.29, 1.82) is 0 Å². The lowest BCUT2D eigenvalue weighted by atomic mass is 9.53. The van der Waals surface area contributed by atoms with Gasteiger partial charge in [0.25, 0.3) is 0 Å². The predicted octanol–water partition coefficient (Wildman–Crippen LogP) is -0.149. The van der Waals surface area contributed by atoms with Crippen LogP contribution in [-0.4, -0.2) is 111 Å². The molecule has 1 saturated heterocycles. The Balaban J connectivity index is 1.98. The second-order valence-electron chi connectivity index (χ2n) is 10.7. The fraction of sp³-hybridized carbons (Fsp3) is 0.609. The molecule has 0 saturated carbocycles. The second-order valence-corrected chi connectivity index (χ2v) is 16.0. The molecule has 1 aromatic carbocycles. The molecule has 1 fully saturated rings. The van der Waals surface area contributed by atoms with Crippen molar-refractivity contribution in [2.24, 2.45) is 5.92 Å². The topological polar surface area (TPSA) is 160 Å². The van der Waals surface area contributed by atoms with E-state index in [-0.39, 0.29) is 29.7 Å². The van der Waals surface area contributed by atoms with Gasteiger partial charge in [0.05, 0.1) is 0 Å². The highest BCUT2D eigenvalue weighted by Gasteiger charge is 2.57. The van der Waals surface area contributed by atoms with Crippen molar-refractivity contribution in [3.63, 3.8) is 0 Å². The number of carbonyl (C=O) groups is 1. The third kappa shape index (κ3) is 5.23. The van der Waals surface area contributed by atoms with Gasteiger partial charge in [0, 0.05) is 71.6 Å². The number of likely N-dealkylation sites (tertiary alicyclic amines) is 1. The Hall–Kier alpha value is -2.28. The van der Waals surface area contributed by atoms with E-state index in [0.29, 0.717) is 30.5 Å². The van der Waals surface area contributed by atoms with Crippen molar-refractivity contribution in [1.82, 2.24) is 17.8 Å². The van der Waals surface area contributed by atoms with Crippen LogP contribution >= 0.6 is 0 Å². The number of allylic oxidation sites excluding steroid dienone is 1. The Labute approximate surface area is 235 Å². The molecule has 4 rings (SSSR count). The average Bonchev–Trinajstić information content (AvgIpc) is 2.82. The molecule has 3 unspecified atom stereocenters. The van der Waals surface area contributed by atoms with Crippen LogP contribution in [0.25, 0.3) is 0 Å². The van der Waals surface area contributed by atoms with Gasteiger partial charge in [0.2, 0.25) is 0 Å². The Kier molecular flexibility index (Phi) is 7.83. The molecule has 3 aliphatic rings. The molecule has 3 atom stereocenters. The average molecular weight is 623 g/mol. The maximum absolute atomic E-state index is 13.5. The fourth-order valence-electron chi connectivity index (χ4n) is 5.44. The van der Waals surface area contributed by atoms with Crippen LogP contribution in [0.5, 0.6) is 11.5 Å². The molecule has 0 N–H and O–H groups in total. The first-order valence-corrected chi connectivity index (χ1v) is 16.4. The van der Waals surface area contributed by atoms with Gasteiger partial charge in [-0.1, -0.05) is 6.07 Å². The minimum atomic E-state index is -4.40. The molecule has 40 heavy (non-hydrogen) atoms. The summed E-state index contributed by atoms with van der Waals surface area (Å²) < 4.78 is 94.8. The lowest BCUT2D eigenvalue weighted by Crippen LogP contribution is -2.60. The summed E-state index contributed by atoms with van der Waals surface area (Å²) in [6.07, 6.45) is 2.03. The Morgan fingerprint density at radius 2 is 1.40 bits per heavy atom. The van der Waals surface area contributed by atoms with E-state index in [1.54, 1.807) is 6.07 Å². The zero-order valence-electron chi connectivity index (χ0n) is 23.3. The van der Waals surface area contributed by atoms with Crippen LogP contribution in [0.3, 0.4) is 0 Å². The number of piperidine rings is 1. The lowest BCUT2D eigenvalue weighted by Gasteiger charge is -2.56. The van der Waals surface area contributed by atoms with Gasteiger partial charge in [-0.05, 0) is 44.1 Å². The molecule has 224 valence electrons. The molecule has 0 aromatic heterocycles. The highest BCUT2D eigenvalue weighted by Crippen LogP contribution is 2.58. The molecule has 0 radical (unpaired) electrons. The summed E-state index contributed by atoms with van der Waals surface area (Å²) in [5.41, 5.74) is -0.0367. The highest BCUT2D eigenvalue weighted by molar-refractivity contribution is 7.85. The van der Waals surface area contributed by atoms with Crippen LogP contribution in [0.2, 0.25) is 0 Å². The number of Topliss-reactive ketones (excluding diaryl/α,β-unsaturated/α-hetero) is 1. The summed E-state index contributed by atoms with van der Waals surface area (Å²) in [6.45, 7) is 0.537. The predicted molar refractivity (Wildman–Crippen MR) is 144 cm³/mol. The number of carbonyl (C=O) groups excluding carboxylic acids is 1. The smallest absolute Gasteiger partial charge is 0.367 e. The standard InChI is InChI=1S/C23H34N4O10S3/c1-24(2)38(29,30)35-19-9-8-15-12-17-16-13-20(36-39(31,32)25(3)4)18(28)14-23(16,10-11-27(17)7)21(15)22(19)37-40(33,34)26(5)6/h8-9,13,16-17H,10-12,14H2,1-7H3. The first-order valence-electron chi connectivity index (χ1n) is 12.3. The van der Waals surface area contributed by atoms with Crippen LogP contribution in [0.1, 0.15) is 24.0 Å². The van der Waals surface area contributed by atoms with E-state index in [1.165, 1.54) is 54.4 Å². The van der Waals surface area contributed by atoms with Gasteiger partial charge in [0.1, 0.15) is 0 Å². The first-order chi connectivity index (χ1) is 18.3. The second kappa shape index (κ2) is 10.2. The Morgan fingerprint density at radius 3 is 1.98 bits per heavy atom. The highest BCUT2D eigenvalue weighted by atomic mass is 32.2. The van der Waals surface area contributed by atoms with Gasteiger partial charge in [0.15, 0.2) is 23.0 Å². The monoisotopic (exact) mass is 622 g/mol. The van der Waals surface area contributed by atoms with Crippen LogP contribution in [0, 0.1) is 5.92 Å². The Bertz CT molecular complexity index is 1570. The van der Waals surface area contributed by atoms with E-state index >= 15 is 0 Å². The van der Waals surface area contributed by atoms with Crippen molar-refractivity contribution in [2.75, 3.05) is 55.9 Å². The maximum Gasteiger partial charge on any atom is 0.384 e. The summed E-state index contributed by atoms with van der Waals surface area (Å²) in [6, 6.07) is 2.79. The summed E-state index contributed by atoms with van der Waals surface area (Å²) in [5.74, 6) is -2.07. The van der Waals surface area contributed by atoms with E-state index in [4.69, 9.17) is 12.5 Å². The van der Waals surface area contributed by atoms with Crippen molar-refractivity contribution in [3.8, 4) is 11.5 Å². The van der Waals surface area contributed by atoms with Gasteiger partial charge < -0.3 is 17.4 Å². The largest absolute Gasteiger partial charge is 0.384 e. The van der Waals surface area contributed by atoms with Crippen molar-refractivity contribution in [3.05, 3.63) is 35.1 Å². The summed E-state index contributed by atoms with van der Waals surface area (Å²) in [7, 11) is -3.42. The number of fused-ring (bicyclic) bond motifs is 1. The molecule has 14 nitrogen and oxygen atoms in total. The SMILES string of the molecule is CN1CCC23CC(=O)C(OS(=O)(=O)N(C)C)=CC2C1Cc1ccc(OS(=O)(=O)N(C)C)c(OS(=O)(=O)N(C)C)c13. The number of ketones is 1. The van der Waals surface area contributed by atoms with E-state index in [2.05, 4.69) is 4.90 Å². The van der Waals surface area contributed by atoms with Crippen LogP contribution in [-0.2, 0) is 51.7 Å². The lowest BCUT2D eigenvalue weighted by molar-refractivity contribution is -0.121. The quantitative estimate of drug-likeness (QED) is 0.360. The minimum Gasteiger partial charge on any atom is -0.367 e. The molecule has 17 heteroatoms. The molecule has 2 aliphatic carbocycles. The summed E-state index contributed by atoms with van der Waals surface area (Å²) in [5, 5.41) is 0. The van der Waals surface area contributed by atoms with Crippen molar-refractivity contribution < 1.29 is 42.6 Å². The number of likely N-dealkylation sites (N-methyl/N-ethyl adjacent to an activating group) is 1. The van der Waals surface area contributed by atoms with E-state index in [9.17, 15) is 30.0 Å². The van der Waals surface area contributed by atoms with Crippen molar-refractivity contribution >= 4 is 36.7 Å². The van der Waals surface area contributed by atoms with E-state index in [1.807, 2.05) is 7.05 Å². The number of benzene rings is 1. The van der Waals surface area contributed by atoms with Crippen LogP contribution in [0.4, 0.5) is 0 Å². The van der Waals surface area contributed by atoms with Gasteiger partial charge in [-0.3, -0.25) is 4.79 Å². The molecule has 2 bridgehead atoms. The maximum atomic E-state index is 13.5. The van der Waals surface area contributed by atoms with Gasteiger partial charge in [-0.25, -0.2) is 0 Å². The number of hydrogen-bond acceptors (Lipinski definition) is 11. The number of rotatable bonds is 9. The molecule has 1 aromatic rings. The van der Waals surface area contributed by atoms with E-state index in [0.717, 1.165) is 12.9 Å². The molecule has 1 heterocycles. The third-order valence-corrected chi connectivity index (χ3v) is 11.5. The first kappa shape index (κ1) is 30.7. The van der Waals surface area contributed by atoms with Gasteiger partial charge in [-0.15, -0.1) is 0 Å². The number of hydrogen-bond donors (Lipinski definition) is 0. The third-order valence-electron chi connectivity index (χ3n) is 7.67. The van der Waals surface area contributed by atoms with Crippen LogP contribution in [0.15, 0.2) is 24.0 Å². The fourth-order valence-corrected chi connectivity index (χ4v) is 7.00. The molecular weight excluding hydrogens is 588 g/mol. The van der Waals surface area contributed by atoms with Gasteiger partial charge in [-0.2, -0.15) is 38.2 Å². The Morgan fingerprint density at radius 1 is 0.850 bits per heavy atom. The summed E-state index contributed by atoms with van der Waals surface area (Å²) >= 11 is 0. The zero-order valence-corrected chi connectivity index (χ0v) is 25.8. The summed E-state index contributed by atoms with van der Waals surface area (Å²) in [4.78, 5) is 15.5. The van der Waals surface area contributed by atoms with E-state index < -0.39 is 48.0 Å². The van der Waals surface area contributed by atoms with Gasteiger partial charge >= 0.3 is 30.9 Å². The molecule has 0 amide bonds. The molecule has 1 aliphatic heterocycles. The molecular formula is C23H34N4O10S3.